The number of hydrogen-bond donors (Lipinski definition) is 0. The summed E-state index contributed by atoms with van der Waals surface area (Å²) in [4.78, 5) is 0. The predicted octanol–water partition coefficient (Wildman–Crippen LogP) is 3.07. The fraction of sp³-hybridized carbons (Fsp3) is 0.222. The number of alkyl halides is 4. The first-order valence-electron chi connectivity index (χ1n) is 4.64. The van der Waals surface area contributed by atoms with Gasteiger partial charge < -0.3 is 0 Å². The summed E-state index contributed by atoms with van der Waals surface area (Å²) >= 11 is 11.4. The SMILES string of the molecule is FC(F)(F)c1ccc(-n2nnnc2CCl)c(Cl)c1. The Hall–Kier alpha value is -1.34. The first kappa shape index (κ1) is 13.1. The standard InChI is InChI=1S/C9H5Cl2F3N4/c10-4-8-15-16-17-18(8)7-2-1-5(3-6(7)11)9(12,13)14/h1-3H,4H2. The number of rotatable bonds is 2. The summed E-state index contributed by atoms with van der Waals surface area (Å²) in [6.07, 6.45) is -4.45. The largest absolute Gasteiger partial charge is 0.416 e. The van der Waals surface area contributed by atoms with Gasteiger partial charge in [0.1, 0.15) is 0 Å². The van der Waals surface area contributed by atoms with Crippen LogP contribution < -0.4 is 0 Å². The Balaban J connectivity index is 2.48. The van der Waals surface area contributed by atoms with Gasteiger partial charge in [-0.15, -0.1) is 16.7 Å². The lowest BCUT2D eigenvalue weighted by Crippen LogP contribution is -2.07. The van der Waals surface area contributed by atoms with Crippen LogP contribution in [0.1, 0.15) is 11.4 Å². The third-order valence-electron chi connectivity index (χ3n) is 2.16. The highest BCUT2D eigenvalue weighted by Gasteiger charge is 2.31. The van der Waals surface area contributed by atoms with Gasteiger partial charge in [0.25, 0.3) is 0 Å². The zero-order valence-corrected chi connectivity index (χ0v) is 10.1. The minimum absolute atomic E-state index is 0.0182. The van der Waals surface area contributed by atoms with Crippen molar-refractivity contribution < 1.29 is 13.2 Å². The van der Waals surface area contributed by atoms with E-state index in [9.17, 15) is 13.2 Å². The molecule has 0 amide bonds. The number of aromatic nitrogens is 4. The van der Waals surface area contributed by atoms with Crippen LogP contribution >= 0.6 is 23.2 Å². The Morgan fingerprint density at radius 3 is 2.56 bits per heavy atom. The first-order chi connectivity index (χ1) is 8.43. The van der Waals surface area contributed by atoms with Crippen LogP contribution in [0.4, 0.5) is 13.2 Å². The van der Waals surface area contributed by atoms with Gasteiger partial charge in [0.2, 0.25) is 0 Å². The Labute approximate surface area is 109 Å². The molecular weight excluding hydrogens is 292 g/mol. The normalized spacial score (nSPS) is 11.8. The van der Waals surface area contributed by atoms with Crippen LogP contribution in [0.3, 0.4) is 0 Å². The van der Waals surface area contributed by atoms with Crippen LogP contribution in [-0.4, -0.2) is 20.2 Å². The predicted molar refractivity (Wildman–Crippen MR) is 58.7 cm³/mol. The van der Waals surface area contributed by atoms with Crippen LogP contribution in [-0.2, 0) is 12.1 Å². The molecule has 0 saturated heterocycles. The fourth-order valence-electron chi connectivity index (χ4n) is 1.33. The van der Waals surface area contributed by atoms with E-state index in [2.05, 4.69) is 15.5 Å². The van der Waals surface area contributed by atoms with Crippen molar-refractivity contribution in [2.45, 2.75) is 12.1 Å². The Morgan fingerprint density at radius 2 is 2.00 bits per heavy atom. The number of nitrogens with zero attached hydrogens (tertiary/aromatic N) is 4. The van der Waals surface area contributed by atoms with E-state index in [1.54, 1.807) is 0 Å². The third kappa shape index (κ3) is 2.41. The molecule has 0 N–H and O–H groups in total. The average molecular weight is 297 g/mol. The smallest absolute Gasteiger partial charge is 0.195 e. The van der Waals surface area contributed by atoms with Crippen molar-refractivity contribution in [3.05, 3.63) is 34.6 Å². The second-order valence-electron chi connectivity index (χ2n) is 3.30. The summed E-state index contributed by atoms with van der Waals surface area (Å²) in [5.74, 6) is 0.308. The van der Waals surface area contributed by atoms with Gasteiger partial charge in [-0.05, 0) is 28.6 Å². The topological polar surface area (TPSA) is 43.6 Å². The third-order valence-corrected chi connectivity index (χ3v) is 2.70. The molecule has 1 aromatic carbocycles. The van der Waals surface area contributed by atoms with Gasteiger partial charge >= 0.3 is 6.18 Å². The van der Waals surface area contributed by atoms with Crippen LogP contribution in [0.5, 0.6) is 0 Å². The lowest BCUT2D eigenvalue weighted by Gasteiger charge is -2.10. The number of halogens is 5. The second kappa shape index (κ2) is 4.74. The number of hydrogen-bond acceptors (Lipinski definition) is 3. The highest BCUT2D eigenvalue weighted by atomic mass is 35.5. The molecule has 18 heavy (non-hydrogen) atoms. The molecule has 96 valence electrons. The second-order valence-corrected chi connectivity index (χ2v) is 3.98. The molecule has 1 heterocycles. The minimum Gasteiger partial charge on any atom is -0.195 e. The van der Waals surface area contributed by atoms with Gasteiger partial charge in [-0.2, -0.15) is 17.9 Å². The molecule has 0 radical (unpaired) electrons. The van der Waals surface area contributed by atoms with E-state index in [-0.39, 0.29) is 16.6 Å². The monoisotopic (exact) mass is 296 g/mol. The molecule has 0 saturated carbocycles. The van der Waals surface area contributed by atoms with Crippen molar-refractivity contribution in [2.24, 2.45) is 0 Å². The lowest BCUT2D eigenvalue weighted by atomic mass is 10.2. The lowest BCUT2D eigenvalue weighted by molar-refractivity contribution is -0.137. The summed E-state index contributed by atoms with van der Waals surface area (Å²) in [6.45, 7) is 0. The molecule has 4 nitrogen and oxygen atoms in total. The zero-order chi connectivity index (χ0) is 13.3. The molecule has 0 unspecified atom stereocenters. The van der Waals surface area contributed by atoms with Crippen LogP contribution in [0.15, 0.2) is 18.2 Å². The van der Waals surface area contributed by atoms with Gasteiger partial charge in [0.05, 0.1) is 22.2 Å². The minimum atomic E-state index is -4.45. The maximum atomic E-state index is 12.5. The Kier molecular flexibility index (Phi) is 3.45. The Bertz CT molecular complexity index is 567. The van der Waals surface area contributed by atoms with E-state index in [1.807, 2.05) is 0 Å². The summed E-state index contributed by atoms with van der Waals surface area (Å²) in [5, 5.41) is 10.5. The van der Waals surface area contributed by atoms with E-state index in [0.717, 1.165) is 12.1 Å². The highest BCUT2D eigenvalue weighted by molar-refractivity contribution is 6.32. The van der Waals surface area contributed by atoms with E-state index in [0.29, 0.717) is 5.82 Å². The molecule has 0 bridgehead atoms. The maximum Gasteiger partial charge on any atom is 0.416 e. The van der Waals surface area contributed by atoms with Gasteiger partial charge in [-0.25, -0.2) is 0 Å². The van der Waals surface area contributed by atoms with Gasteiger partial charge in [-0.3, -0.25) is 0 Å². The van der Waals surface area contributed by atoms with Crippen molar-refractivity contribution in [1.82, 2.24) is 20.2 Å². The summed E-state index contributed by atoms with van der Waals surface area (Å²) in [5.41, 5.74) is -0.595. The fourth-order valence-corrected chi connectivity index (χ4v) is 1.76. The molecule has 0 fully saturated rings. The molecule has 2 rings (SSSR count). The molecule has 1 aromatic heterocycles. The summed E-state index contributed by atoms with van der Waals surface area (Å²) in [7, 11) is 0. The first-order valence-corrected chi connectivity index (χ1v) is 5.55. The number of benzene rings is 1. The van der Waals surface area contributed by atoms with Crippen molar-refractivity contribution in [3.8, 4) is 5.69 Å². The molecule has 0 aliphatic carbocycles. The van der Waals surface area contributed by atoms with Crippen molar-refractivity contribution in [2.75, 3.05) is 0 Å². The zero-order valence-electron chi connectivity index (χ0n) is 8.62. The quantitative estimate of drug-likeness (QED) is 0.800. The number of tetrazole rings is 1. The van der Waals surface area contributed by atoms with Crippen molar-refractivity contribution >= 4 is 23.2 Å². The highest BCUT2D eigenvalue weighted by Crippen LogP contribution is 2.33. The molecule has 0 atom stereocenters. The van der Waals surface area contributed by atoms with Gasteiger partial charge in [0, 0.05) is 0 Å². The van der Waals surface area contributed by atoms with Crippen LogP contribution in [0.25, 0.3) is 5.69 Å². The molecule has 0 spiro atoms. The van der Waals surface area contributed by atoms with Crippen LogP contribution in [0.2, 0.25) is 5.02 Å². The van der Waals surface area contributed by atoms with Gasteiger partial charge in [-0.1, -0.05) is 11.6 Å². The molecule has 0 aliphatic rings. The Morgan fingerprint density at radius 1 is 1.28 bits per heavy atom. The summed E-state index contributed by atoms with van der Waals surface area (Å²) in [6, 6.07) is 2.91. The van der Waals surface area contributed by atoms with Gasteiger partial charge in [0.15, 0.2) is 5.82 Å². The van der Waals surface area contributed by atoms with Crippen LogP contribution in [0, 0.1) is 0 Å². The van der Waals surface area contributed by atoms with Crippen molar-refractivity contribution in [1.29, 1.82) is 0 Å². The summed E-state index contributed by atoms with van der Waals surface area (Å²) < 4.78 is 38.6. The maximum absolute atomic E-state index is 12.5. The molecular formula is C9H5Cl2F3N4. The average Bonchev–Trinajstić information content (AvgIpc) is 2.75. The van der Waals surface area contributed by atoms with Crippen molar-refractivity contribution in [3.63, 3.8) is 0 Å². The molecule has 2 aromatic rings. The molecule has 0 aliphatic heterocycles. The van der Waals surface area contributed by atoms with E-state index < -0.39 is 11.7 Å². The van der Waals surface area contributed by atoms with E-state index >= 15 is 0 Å². The van der Waals surface area contributed by atoms with E-state index in [1.165, 1.54) is 10.7 Å². The molecule has 9 heteroatoms. The van der Waals surface area contributed by atoms with E-state index in [4.69, 9.17) is 23.2 Å².